The Bertz CT molecular complexity index is 799. The average Bonchev–Trinajstić information content (AvgIpc) is 2.72. The minimum absolute atomic E-state index is 0.256. The van der Waals surface area contributed by atoms with Gasteiger partial charge in [0.25, 0.3) is 0 Å². The first-order chi connectivity index (χ1) is 14.3. The summed E-state index contributed by atoms with van der Waals surface area (Å²) in [7, 11) is 0. The Balaban J connectivity index is 6.75. The summed E-state index contributed by atoms with van der Waals surface area (Å²) in [5.41, 5.74) is -3.23. The van der Waals surface area contributed by atoms with E-state index in [1.54, 1.807) is 0 Å². The van der Waals surface area contributed by atoms with Crippen molar-refractivity contribution in [2.45, 2.75) is 20.8 Å². The third kappa shape index (κ3) is 8.54. The van der Waals surface area contributed by atoms with E-state index in [1.165, 1.54) is 13.8 Å². The predicted octanol–water partition coefficient (Wildman–Crippen LogP) is -0.118. The van der Waals surface area contributed by atoms with E-state index in [4.69, 9.17) is 20.1 Å². The van der Waals surface area contributed by atoms with Crippen molar-refractivity contribution in [2.24, 2.45) is 5.41 Å². The van der Waals surface area contributed by atoms with Gasteiger partial charge in [-0.25, -0.2) is 19.2 Å². The molecule has 0 fully saturated rings. The van der Waals surface area contributed by atoms with Crippen LogP contribution in [-0.4, -0.2) is 80.9 Å². The first kappa shape index (κ1) is 27.7. The van der Waals surface area contributed by atoms with Gasteiger partial charge in [-0.15, -0.1) is 0 Å². The van der Waals surface area contributed by atoms with Gasteiger partial charge in [0, 0.05) is 16.7 Å². The van der Waals surface area contributed by atoms with Crippen molar-refractivity contribution in [3.8, 4) is 0 Å². The van der Waals surface area contributed by atoms with E-state index in [0.717, 1.165) is 25.2 Å². The number of aliphatic hydroxyl groups is 3. The number of carboxylic acid groups (broad SMARTS) is 3. The molecule has 0 aromatic carbocycles. The van der Waals surface area contributed by atoms with Crippen molar-refractivity contribution in [3.05, 3.63) is 46.1 Å². The highest BCUT2D eigenvalue weighted by Gasteiger charge is 2.31. The summed E-state index contributed by atoms with van der Waals surface area (Å²) in [5, 5.41) is 55.5. The molecular formula is C20H26O11. The zero-order valence-electron chi connectivity index (χ0n) is 17.3. The first-order valence-corrected chi connectivity index (χ1v) is 8.83. The largest absolute Gasteiger partial charge is 0.478 e. The minimum Gasteiger partial charge on any atom is -0.478 e. The van der Waals surface area contributed by atoms with Crippen LogP contribution in [0.1, 0.15) is 20.8 Å². The van der Waals surface area contributed by atoms with Gasteiger partial charge in [0.2, 0.25) is 0 Å². The molecule has 172 valence electrons. The number of hydrogen-bond donors (Lipinski definition) is 6. The van der Waals surface area contributed by atoms with E-state index in [-0.39, 0.29) is 22.3 Å². The fraction of sp³-hybridized carbons (Fsp3) is 0.400. The number of aliphatic hydroxyl groups excluding tert-OH is 3. The van der Waals surface area contributed by atoms with Gasteiger partial charge in [-0.2, -0.15) is 0 Å². The second-order valence-electron chi connectivity index (χ2n) is 6.82. The molecule has 0 heterocycles. The van der Waals surface area contributed by atoms with Crippen LogP contribution in [0.4, 0.5) is 0 Å². The molecule has 0 aromatic heterocycles. The minimum atomic E-state index is -1.58. The van der Waals surface area contributed by atoms with E-state index in [0.29, 0.717) is 0 Å². The van der Waals surface area contributed by atoms with Gasteiger partial charge in [0.1, 0.15) is 6.61 Å². The van der Waals surface area contributed by atoms with Crippen molar-refractivity contribution in [1.29, 1.82) is 0 Å². The smallest absolute Gasteiger partial charge is 0.338 e. The van der Waals surface area contributed by atoms with Crippen LogP contribution in [-0.2, 0) is 23.9 Å². The van der Waals surface area contributed by atoms with Gasteiger partial charge < -0.3 is 35.4 Å². The van der Waals surface area contributed by atoms with Crippen molar-refractivity contribution in [3.63, 3.8) is 0 Å². The Morgan fingerprint density at radius 3 is 1.39 bits per heavy atom. The second-order valence-corrected chi connectivity index (χ2v) is 6.82. The fourth-order valence-electron chi connectivity index (χ4n) is 1.91. The van der Waals surface area contributed by atoms with Crippen LogP contribution >= 0.6 is 0 Å². The average molecular weight is 442 g/mol. The monoisotopic (exact) mass is 442 g/mol. The second kappa shape index (κ2) is 12.4. The zero-order chi connectivity index (χ0) is 24.4. The summed E-state index contributed by atoms with van der Waals surface area (Å²) in [6.07, 6.45) is 2.80. The number of esters is 1. The first-order valence-electron chi connectivity index (χ1n) is 8.83. The molecule has 11 heteroatoms. The van der Waals surface area contributed by atoms with E-state index < -0.39 is 61.3 Å². The lowest BCUT2D eigenvalue weighted by molar-refractivity contribution is -0.146. The highest BCUT2D eigenvalue weighted by Crippen LogP contribution is 2.21. The van der Waals surface area contributed by atoms with Crippen molar-refractivity contribution in [2.75, 3.05) is 26.4 Å². The Morgan fingerprint density at radius 2 is 1.06 bits per heavy atom. The van der Waals surface area contributed by atoms with Crippen LogP contribution in [0.5, 0.6) is 0 Å². The van der Waals surface area contributed by atoms with Crippen LogP contribution in [0.2, 0.25) is 0 Å². The molecule has 0 rings (SSSR count). The van der Waals surface area contributed by atoms with Gasteiger partial charge >= 0.3 is 23.9 Å². The molecule has 0 unspecified atom stereocenters. The van der Waals surface area contributed by atoms with Gasteiger partial charge in [0.15, 0.2) is 0 Å². The zero-order valence-corrected chi connectivity index (χ0v) is 17.3. The lowest BCUT2D eigenvalue weighted by atomic mass is 9.92. The quantitative estimate of drug-likeness (QED) is 0.134. The maximum Gasteiger partial charge on any atom is 0.338 e. The molecule has 0 saturated heterocycles. The summed E-state index contributed by atoms with van der Waals surface area (Å²) in [6.45, 7) is 0.635. The molecule has 0 aliphatic rings. The molecule has 31 heavy (non-hydrogen) atoms. The SMILES string of the molecule is CC(=CC(C=C(C)C(=O)O)=C(C=C(C)C(=O)O)C(=O)OCC(CO)(CO)CO)C(=O)O. The van der Waals surface area contributed by atoms with E-state index in [2.05, 4.69) is 0 Å². The number of hydrogen-bond acceptors (Lipinski definition) is 8. The molecular weight excluding hydrogens is 416 g/mol. The van der Waals surface area contributed by atoms with E-state index in [1.807, 2.05) is 0 Å². The summed E-state index contributed by atoms with van der Waals surface area (Å²) >= 11 is 0. The van der Waals surface area contributed by atoms with E-state index >= 15 is 0 Å². The Kier molecular flexibility index (Phi) is 11.1. The summed E-state index contributed by atoms with van der Waals surface area (Å²) in [4.78, 5) is 46.4. The van der Waals surface area contributed by atoms with Crippen LogP contribution < -0.4 is 0 Å². The molecule has 0 spiro atoms. The predicted molar refractivity (Wildman–Crippen MR) is 106 cm³/mol. The fourth-order valence-corrected chi connectivity index (χ4v) is 1.91. The number of allylic oxidation sites excluding steroid dienone is 3. The molecule has 0 aliphatic carbocycles. The number of rotatable bonds is 12. The molecule has 6 N–H and O–H groups in total. The Labute approximate surface area is 177 Å². The standard InChI is InChI=1S/C20H26O11/c1-11(16(24)25)4-14(5-12(2)17(26)27)15(6-13(3)18(28)29)19(30)31-10-20(7-21,8-22)9-23/h4-6,21-23H,7-10H2,1-3H3,(H,24,25)(H,26,27)(H,28,29). The van der Waals surface area contributed by atoms with Crippen molar-refractivity contribution < 1.29 is 54.6 Å². The van der Waals surface area contributed by atoms with Gasteiger partial charge in [-0.05, 0) is 44.6 Å². The lowest BCUT2D eigenvalue weighted by Gasteiger charge is -2.26. The summed E-state index contributed by atoms with van der Waals surface area (Å²) in [5.74, 6) is -5.34. The summed E-state index contributed by atoms with van der Waals surface area (Å²) in [6, 6.07) is 0. The third-order valence-corrected chi connectivity index (χ3v) is 4.16. The van der Waals surface area contributed by atoms with Crippen molar-refractivity contribution >= 4 is 23.9 Å². The molecule has 0 amide bonds. The van der Waals surface area contributed by atoms with Crippen molar-refractivity contribution in [1.82, 2.24) is 0 Å². The van der Waals surface area contributed by atoms with Gasteiger partial charge in [-0.3, -0.25) is 0 Å². The van der Waals surface area contributed by atoms with Crippen LogP contribution in [0.25, 0.3) is 0 Å². The number of carboxylic acids is 3. The maximum absolute atomic E-state index is 12.7. The topological polar surface area (TPSA) is 199 Å². The molecule has 0 radical (unpaired) electrons. The molecule has 0 aromatic rings. The van der Waals surface area contributed by atoms with E-state index in [9.17, 15) is 34.5 Å². The highest BCUT2D eigenvalue weighted by atomic mass is 16.5. The molecule has 11 nitrogen and oxygen atoms in total. The number of ether oxygens (including phenoxy) is 1. The lowest BCUT2D eigenvalue weighted by Crippen LogP contribution is -2.39. The van der Waals surface area contributed by atoms with Crippen LogP contribution in [0.15, 0.2) is 46.1 Å². The molecule has 0 bridgehead atoms. The highest BCUT2D eigenvalue weighted by molar-refractivity contribution is 5.98. The molecule has 0 saturated carbocycles. The van der Waals surface area contributed by atoms with Gasteiger partial charge in [0.05, 0.1) is 30.8 Å². The number of aliphatic carboxylic acids is 3. The number of carbonyl (C=O) groups is 4. The molecule has 0 atom stereocenters. The normalized spacial score (nSPS) is 12.9. The Hall–Kier alpha value is -3.28. The van der Waals surface area contributed by atoms with Crippen LogP contribution in [0, 0.1) is 5.41 Å². The third-order valence-electron chi connectivity index (χ3n) is 4.16. The maximum atomic E-state index is 12.7. The Morgan fingerprint density at radius 1 is 0.710 bits per heavy atom. The number of carbonyl (C=O) groups excluding carboxylic acids is 1. The summed E-state index contributed by atoms with van der Waals surface area (Å²) < 4.78 is 5.02. The van der Waals surface area contributed by atoms with Crippen LogP contribution in [0.3, 0.4) is 0 Å². The van der Waals surface area contributed by atoms with Gasteiger partial charge in [-0.1, -0.05) is 0 Å². The molecule has 0 aliphatic heterocycles.